The van der Waals surface area contributed by atoms with Gasteiger partial charge in [0.2, 0.25) is 0 Å². The summed E-state index contributed by atoms with van der Waals surface area (Å²) in [5, 5.41) is 12.8. The summed E-state index contributed by atoms with van der Waals surface area (Å²) in [5.74, 6) is 0.963. The summed E-state index contributed by atoms with van der Waals surface area (Å²) in [4.78, 5) is 2.42. The number of furan rings is 1. The van der Waals surface area contributed by atoms with E-state index in [0.717, 1.165) is 42.7 Å². The van der Waals surface area contributed by atoms with Crippen molar-refractivity contribution in [2.45, 2.75) is 44.7 Å². The number of rotatable bonds is 8. The van der Waals surface area contributed by atoms with Crippen LogP contribution in [0.1, 0.15) is 44.4 Å². The van der Waals surface area contributed by atoms with Gasteiger partial charge in [0.25, 0.3) is 0 Å². The molecule has 0 amide bonds. The Bertz CT molecular complexity index is 397. The number of nitrogens with zero attached hydrogens (tertiary/aromatic N) is 1. The molecule has 20 heavy (non-hydrogen) atoms. The summed E-state index contributed by atoms with van der Waals surface area (Å²) >= 11 is 3.48. The first-order valence-corrected chi connectivity index (χ1v) is 8.33. The number of halogens is 1. The lowest BCUT2D eigenvalue weighted by molar-refractivity contribution is 0.157. The maximum absolute atomic E-state index is 9.27. The topological polar surface area (TPSA) is 48.6 Å². The second-order valence-corrected chi connectivity index (χ2v) is 6.38. The van der Waals surface area contributed by atoms with Crippen LogP contribution in [0.15, 0.2) is 21.2 Å². The van der Waals surface area contributed by atoms with E-state index in [1.807, 2.05) is 6.07 Å². The number of hydrogen-bond donors (Lipinski definition) is 2. The molecular weight excluding hydrogens is 320 g/mol. The van der Waals surface area contributed by atoms with Gasteiger partial charge in [0.05, 0.1) is 23.4 Å². The zero-order valence-corrected chi connectivity index (χ0v) is 13.7. The molecule has 0 aliphatic carbocycles. The summed E-state index contributed by atoms with van der Waals surface area (Å²) in [5.41, 5.74) is 0. The summed E-state index contributed by atoms with van der Waals surface area (Å²) in [6.07, 6.45) is 6.41. The SMILES string of the molecule is CC(NCCCCN1CCCC1CO)c1occc1Br. The molecule has 1 saturated heterocycles. The van der Waals surface area contributed by atoms with E-state index in [1.165, 1.54) is 12.8 Å². The Kier molecular flexibility index (Phi) is 6.55. The predicted molar refractivity (Wildman–Crippen MR) is 83.7 cm³/mol. The van der Waals surface area contributed by atoms with Crippen LogP contribution in [0.25, 0.3) is 0 Å². The standard InChI is InChI=1S/C15H25BrN2O2/c1-12(15-14(16)6-10-20-15)17-7-2-3-8-18-9-4-5-13(18)11-19/h6,10,12-13,17,19H,2-5,7-9,11H2,1H3. The molecule has 1 aromatic heterocycles. The Morgan fingerprint density at radius 1 is 1.55 bits per heavy atom. The van der Waals surface area contributed by atoms with Gasteiger partial charge in [0.15, 0.2) is 0 Å². The highest BCUT2D eigenvalue weighted by Gasteiger charge is 2.22. The highest BCUT2D eigenvalue weighted by Crippen LogP contribution is 2.24. The molecule has 0 radical (unpaired) electrons. The lowest BCUT2D eigenvalue weighted by Crippen LogP contribution is -2.33. The third-order valence-electron chi connectivity index (χ3n) is 4.07. The largest absolute Gasteiger partial charge is 0.466 e. The number of nitrogens with one attached hydrogen (secondary N) is 1. The maximum Gasteiger partial charge on any atom is 0.134 e. The van der Waals surface area contributed by atoms with Crippen LogP contribution in [0.3, 0.4) is 0 Å². The van der Waals surface area contributed by atoms with E-state index < -0.39 is 0 Å². The van der Waals surface area contributed by atoms with Crippen molar-refractivity contribution in [3.05, 3.63) is 22.6 Å². The molecule has 114 valence electrons. The first-order chi connectivity index (χ1) is 9.72. The van der Waals surface area contributed by atoms with Crippen molar-refractivity contribution in [2.75, 3.05) is 26.2 Å². The zero-order chi connectivity index (χ0) is 14.4. The third-order valence-corrected chi connectivity index (χ3v) is 4.73. The van der Waals surface area contributed by atoms with Crippen LogP contribution in [0, 0.1) is 0 Å². The average Bonchev–Trinajstić information content (AvgIpc) is 3.06. The summed E-state index contributed by atoms with van der Waals surface area (Å²) < 4.78 is 6.48. The normalized spacial score (nSPS) is 21.4. The van der Waals surface area contributed by atoms with Gasteiger partial charge >= 0.3 is 0 Å². The Labute approximate surface area is 129 Å². The molecule has 2 atom stereocenters. The van der Waals surface area contributed by atoms with Crippen molar-refractivity contribution in [1.82, 2.24) is 10.2 Å². The Morgan fingerprint density at radius 3 is 3.10 bits per heavy atom. The molecule has 1 fully saturated rings. The molecule has 1 aromatic rings. The van der Waals surface area contributed by atoms with Gasteiger partial charge in [-0.1, -0.05) is 0 Å². The number of likely N-dealkylation sites (tertiary alicyclic amines) is 1. The summed E-state index contributed by atoms with van der Waals surface area (Å²) in [6.45, 7) is 5.67. The number of unbranched alkanes of at least 4 members (excludes halogenated alkanes) is 1. The molecule has 2 N–H and O–H groups in total. The van der Waals surface area contributed by atoms with E-state index in [4.69, 9.17) is 4.42 Å². The van der Waals surface area contributed by atoms with Crippen molar-refractivity contribution in [3.63, 3.8) is 0 Å². The first-order valence-electron chi connectivity index (χ1n) is 7.53. The van der Waals surface area contributed by atoms with Crippen molar-refractivity contribution in [1.29, 1.82) is 0 Å². The highest BCUT2D eigenvalue weighted by molar-refractivity contribution is 9.10. The molecule has 2 unspecified atom stereocenters. The third kappa shape index (κ3) is 4.32. The first kappa shape index (κ1) is 16.0. The number of aliphatic hydroxyl groups excluding tert-OH is 1. The Morgan fingerprint density at radius 2 is 2.40 bits per heavy atom. The summed E-state index contributed by atoms with van der Waals surface area (Å²) in [6, 6.07) is 2.56. The van der Waals surface area contributed by atoms with Gasteiger partial charge in [-0.2, -0.15) is 0 Å². The number of hydrogen-bond acceptors (Lipinski definition) is 4. The molecule has 0 saturated carbocycles. The van der Waals surface area contributed by atoms with Crippen LogP contribution >= 0.6 is 15.9 Å². The van der Waals surface area contributed by atoms with E-state index in [0.29, 0.717) is 12.6 Å². The quantitative estimate of drug-likeness (QED) is 0.712. The Balaban J connectivity index is 1.59. The highest BCUT2D eigenvalue weighted by atomic mass is 79.9. The van der Waals surface area contributed by atoms with Crippen LogP contribution in [-0.4, -0.2) is 42.3 Å². The molecule has 0 spiro atoms. The van der Waals surface area contributed by atoms with Crippen LogP contribution in [0.5, 0.6) is 0 Å². The van der Waals surface area contributed by atoms with Crippen molar-refractivity contribution < 1.29 is 9.52 Å². The van der Waals surface area contributed by atoms with E-state index in [-0.39, 0.29) is 6.04 Å². The van der Waals surface area contributed by atoms with E-state index in [2.05, 4.69) is 33.1 Å². The molecule has 0 bridgehead atoms. The average molecular weight is 345 g/mol. The van der Waals surface area contributed by atoms with Crippen LogP contribution in [0.4, 0.5) is 0 Å². The van der Waals surface area contributed by atoms with Gasteiger partial charge < -0.3 is 14.8 Å². The lowest BCUT2D eigenvalue weighted by Gasteiger charge is -2.22. The van der Waals surface area contributed by atoms with E-state index in [1.54, 1.807) is 6.26 Å². The van der Waals surface area contributed by atoms with Gasteiger partial charge in [-0.3, -0.25) is 4.90 Å². The minimum atomic E-state index is 0.233. The molecule has 1 aliphatic heterocycles. The fourth-order valence-electron chi connectivity index (χ4n) is 2.86. The van der Waals surface area contributed by atoms with Crippen LogP contribution < -0.4 is 5.32 Å². The molecule has 2 rings (SSSR count). The smallest absolute Gasteiger partial charge is 0.134 e. The minimum Gasteiger partial charge on any atom is -0.466 e. The fraction of sp³-hybridized carbons (Fsp3) is 0.733. The molecule has 5 heteroatoms. The zero-order valence-electron chi connectivity index (χ0n) is 12.1. The minimum absolute atomic E-state index is 0.233. The van der Waals surface area contributed by atoms with Crippen molar-refractivity contribution in [3.8, 4) is 0 Å². The van der Waals surface area contributed by atoms with Crippen LogP contribution in [-0.2, 0) is 0 Å². The van der Waals surface area contributed by atoms with Crippen molar-refractivity contribution in [2.24, 2.45) is 0 Å². The summed E-state index contributed by atoms with van der Waals surface area (Å²) in [7, 11) is 0. The van der Waals surface area contributed by atoms with E-state index >= 15 is 0 Å². The van der Waals surface area contributed by atoms with Gasteiger partial charge in [-0.15, -0.1) is 0 Å². The predicted octanol–water partition coefficient (Wildman–Crippen LogP) is 2.93. The maximum atomic E-state index is 9.27. The molecule has 2 heterocycles. The lowest BCUT2D eigenvalue weighted by atomic mass is 10.2. The second kappa shape index (κ2) is 8.17. The molecule has 1 aliphatic rings. The van der Waals surface area contributed by atoms with Gasteiger partial charge in [-0.05, 0) is 74.2 Å². The molecule has 0 aromatic carbocycles. The Hall–Kier alpha value is -0.360. The molecular formula is C15H25BrN2O2. The van der Waals surface area contributed by atoms with Crippen LogP contribution in [0.2, 0.25) is 0 Å². The monoisotopic (exact) mass is 344 g/mol. The van der Waals surface area contributed by atoms with Crippen molar-refractivity contribution >= 4 is 15.9 Å². The molecule has 4 nitrogen and oxygen atoms in total. The van der Waals surface area contributed by atoms with Gasteiger partial charge in [0.1, 0.15) is 5.76 Å². The number of aliphatic hydroxyl groups is 1. The van der Waals surface area contributed by atoms with Gasteiger partial charge in [0, 0.05) is 6.04 Å². The fourth-order valence-corrected chi connectivity index (χ4v) is 3.41. The second-order valence-electron chi connectivity index (χ2n) is 5.53. The van der Waals surface area contributed by atoms with Gasteiger partial charge in [-0.25, -0.2) is 0 Å². The van der Waals surface area contributed by atoms with E-state index in [9.17, 15) is 5.11 Å².